The van der Waals surface area contributed by atoms with Crippen LogP contribution in [0.5, 0.6) is 0 Å². The van der Waals surface area contributed by atoms with E-state index >= 15 is 0 Å². The highest BCUT2D eigenvalue weighted by molar-refractivity contribution is 6.67. The van der Waals surface area contributed by atoms with Gasteiger partial charge >= 0.3 is 0 Å². The summed E-state index contributed by atoms with van der Waals surface area (Å²) in [5, 5.41) is -0.785. The molecule has 0 heterocycles. The molecule has 0 aliphatic rings. The van der Waals surface area contributed by atoms with Crippen LogP contribution in [0.25, 0.3) is 6.08 Å². The van der Waals surface area contributed by atoms with E-state index in [1.165, 1.54) is 6.07 Å². The molecule has 0 fully saturated rings. The largest absolute Gasteiger partial charge is 0.275 e. The van der Waals surface area contributed by atoms with Gasteiger partial charge in [-0.2, -0.15) is 0 Å². The maximum atomic E-state index is 14.0. The Bertz CT molecular complexity index is 444. The van der Waals surface area contributed by atoms with Gasteiger partial charge in [-0.15, -0.1) is 0 Å². The maximum absolute atomic E-state index is 14.0. The van der Waals surface area contributed by atoms with E-state index in [2.05, 4.69) is 6.58 Å². The van der Waals surface area contributed by atoms with Gasteiger partial charge in [0.1, 0.15) is 5.82 Å². The van der Waals surface area contributed by atoms with Gasteiger partial charge in [0.05, 0.1) is 5.56 Å². The molecule has 0 spiro atoms. The standard InChI is InChI=1S/C13H14ClFO/c1-5-8-6-9(12(14)16)11(15)10(7-8)13(2,3)4/h5-7H,1H2,2-4H3. The number of hydrogen-bond acceptors (Lipinski definition) is 1. The summed E-state index contributed by atoms with van der Waals surface area (Å²) in [6, 6.07) is 3.10. The second kappa shape index (κ2) is 4.38. The summed E-state index contributed by atoms with van der Waals surface area (Å²) in [4.78, 5) is 11.1. The predicted molar refractivity (Wildman–Crippen MR) is 65.4 cm³/mol. The summed E-state index contributed by atoms with van der Waals surface area (Å²) in [5.74, 6) is -0.543. The molecule has 0 saturated heterocycles. The Morgan fingerprint density at radius 1 is 1.44 bits per heavy atom. The van der Waals surface area contributed by atoms with Gasteiger partial charge in [-0.3, -0.25) is 4.79 Å². The summed E-state index contributed by atoms with van der Waals surface area (Å²) in [7, 11) is 0. The minimum atomic E-state index is -0.785. The number of carbonyl (C=O) groups excluding carboxylic acids is 1. The van der Waals surface area contributed by atoms with Crippen molar-refractivity contribution in [3.8, 4) is 0 Å². The van der Waals surface area contributed by atoms with Crippen molar-refractivity contribution < 1.29 is 9.18 Å². The first-order chi connectivity index (χ1) is 7.27. The molecule has 1 nitrogen and oxygen atoms in total. The first-order valence-corrected chi connectivity index (χ1v) is 5.31. The van der Waals surface area contributed by atoms with Gasteiger partial charge in [0.2, 0.25) is 0 Å². The van der Waals surface area contributed by atoms with Crippen LogP contribution in [0, 0.1) is 5.82 Å². The van der Waals surface area contributed by atoms with Crippen LogP contribution in [0.15, 0.2) is 18.7 Å². The molecule has 1 aromatic rings. The van der Waals surface area contributed by atoms with Gasteiger partial charge in [0, 0.05) is 0 Å². The molecular formula is C13H14ClFO. The molecule has 1 aromatic carbocycles. The Hall–Kier alpha value is -1.15. The molecule has 0 unspecified atom stereocenters. The van der Waals surface area contributed by atoms with Crippen molar-refractivity contribution in [3.63, 3.8) is 0 Å². The fourth-order valence-electron chi connectivity index (χ4n) is 1.45. The molecule has 0 amide bonds. The molecule has 0 saturated carbocycles. The Labute approximate surface area is 99.9 Å². The molecule has 0 aliphatic carbocycles. The maximum Gasteiger partial charge on any atom is 0.255 e. The van der Waals surface area contributed by atoms with Crippen LogP contribution in [-0.2, 0) is 5.41 Å². The lowest BCUT2D eigenvalue weighted by atomic mass is 9.84. The molecule has 0 aromatic heterocycles. The van der Waals surface area contributed by atoms with Crippen LogP contribution in [0.2, 0.25) is 0 Å². The highest BCUT2D eigenvalue weighted by Crippen LogP contribution is 2.29. The SMILES string of the molecule is C=Cc1cc(C(=O)Cl)c(F)c(C(C)(C)C)c1. The zero-order valence-electron chi connectivity index (χ0n) is 9.60. The molecular weight excluding hydrogens is 227 g/mol. The molecule has 0 bridgehead atoms. The Morgan fingerprint density at radius 3 is 2.38 bits per heavy atom. The summed E-state index contributed by atoms with van der Waals surface area (Å²) in [6.07, 6.45) is 1.57. The van der Waals surface area contributed by atoms with E-state index in [9.17, 15) is 9.18 Å². The number of rotatable bonds is 2. The van der Waals surface area contributed by atoms with E-state index in [4.69, 9.17) is 11.6 Å². The molecule has 86 valence electrons. The van der Waals surface area contributed by atoms with Crippen molar-refractivity contribution in [2.45, 2.75) is 26.2 Å². The normalized spacial score (nSPS) is 11.3. The average molecular weight is 241 g/mol. The van der Waals surface area contributed by atoms with E-state index in [1.807, 2.05) is 20.8 Å². The Balaban J connectivity index is 3.56. The first-order valence-electron chi connectivity index (χ1n) is 4.93. The predicted octanol–water partition coefficient (Wildman–Crippen LogP) is 4.15. The number of halogens is 2. The molecule has 0 radical (unpaired) electrons. The number of carbonyl (C=O) groups is 1. The highest BCUT2D eigenvalue weighted by Gasteiger charge is 2.23. The zero-order chi connectivity index (χ0) is 12.5. The van der Waals surface area contributed by atoms with Crippen LogP contribution in [-0.4, -0.2) is 5.24 Å². The van der Waals surface area contributed by atoms with E-state index in [0.29, 0.717) is 11.1 Å². The second-order valence-electron chi connectivity index (χ2n) is 4.66. The fraction of sp³-hybridized carbons (Fsp3) is 0.308. The van der Waals surface area contributed by atoms with Gasteiger partial charge in [0.25, 0.3) is 5.24 Å². The van der Waals surface area contributed by atoms with Crippen molar-refractivity contribution in [2.75, 3.05) is 0 Å². The molecule has 3 heteroatoms. The molecule has 0 N–H and O–H groups in total. The topological polar surface area (TPSA) is 17.1 Å². The summed E-state index contributed by atoms with van der Waals surface area (Å²) in [6.45, 7) is 9.23. The van der Waals surface area contributed by atoms with E-state index < -0.39 is 11.1 Å². The van der Waals surface area contributed by atoms with Crippen molar-refractivity contribution in [3.05, 3.63) is 41.2 Å². The fourth-order valence-corrected chi connectivity index (χ4v) is 1.59. The van der Waals surface area contributed by atoms with E-state index in [0.717, 1.165) is 0 Å². The lowest BCUT2D eigenvalue weighted by Gasteiger charge is -2.21. The van der Waals surface area contributed by atoms with Crippen LogP contribution in [0.1, 0.15) is 42.3 Å². The molecule has 16 heavy (non-hydrogen) atoms. The summed E-state index contributed by atoms with van der Waals surface area (Å²) < 4.78 is 14.0. The number of hydrogen-bond donors (Lipinski definition) is 0. The van der Waals surface area contributed by atoms with E-state index in [-0.39, 0.29) is 11.0 Å². The third kappa shape index (κ3) is 2.50. The third-order valence-corrected chi connectivity index (χ3v) is 2.55. The van der Waals surface area contributed by atoms with Crippen molar-refractivity contribution in [1.29, 1.82) is 0 Å². The van der Waals surface area contributed by atoms with Crippen molar-refractivity contribution in [2.24, 2.45) is 0 Å². The molecule has 1 rings (SSSR count). The van der Waals surface area contributed by atoms with Crippen LogP contribution >= 0.6 is 11.6 Å². The second-order valence-corrected chi connectivity index (χ2v) is 5.00. The monoisotopic (exact) mass is 240 g/mol. The van der Waals surface area contributed by atoms with Crippen LogP contribution < -0.4 is 0 Å². The summed E-state index contributed by atoms with van der Waals surface area (Å²) >= 11 is 5.35. The minimum absolute atomic E-state index is 0.0935. The highest BCUT2D eigenvalue weighted by atomic mass is 35.5. The van der Waals surface area contributed by atoms with Crippen LogP contribution in [0.3, 0.4) is 0 Å². The van der Waals surface area contributed by atoms with E-state index in [1.54, 1.807) is 12.1 Å². The third-order valence-electron chi connectivity index (χ3n) is 2.35. The van der Waals surface area contributed by atoms with Gasteiger partial charge in [-0.1, -0.05) is 33.4 Å². The smallest absolute Gasteiger partial charge is 0.255 e. The first kappa shape index (κ1) is 12.9. The quantitative estimate of drug-likeness (QED) is 0.710. The Morgan fingerprint density at radius 2 is 2.00 bits per heavy atom. The summed E-state index contributed by atoms with van der Waals surface area (Å²) in [5.41, 5.74) is 0.678. The van der Waals surface area contributed by atoms with Gasteiger partial charge in [-0.25, -0.2) is 4.39 Å². The van der Waals surface area contributed by atoms with Crippen molar-refractivity contribution in [1.82, 2.24) is 0 Å². The van der Waals surface area contributed by atoms with Gasteiger partial charge in [-0.05, 0) is 40.3 Å². The number of benzene rings is 1. The van der Waals surface area contributed by atoms with Gasteiger partial charge < -0.3 is 0 Å². The zero-order valence-corrected chi connectivity index (χ0v) is 10.4. The van der Waals surface area contributed by atoms with Crippen molar-refractivity contribution >= 4 is 22.9 Å². The lowest BCUT2D eigenvalue weighted by molar-refractivity contribution is 0.107. The average Bonchev–Trinajstić information content (AvgIpc) is 2.15. The minimum Gasteiger partial charge on any atom is -0.275 e. The Kier molecular flexibility index (Phi) is 3.54. The van der Waals surface area contributed by atoms with Gasteiger partial charge in [0.15, 0.2) is 0 Å². The lowest BCUT2D eigenvalue weighted by Crippen LogP contribution is -2.16. The molecule has 0 aliphatic heterocycles. The van der Waals surface area contributed by atoms with Crippen LogP contribution in [0.4, 0.5) is 4.39 Å². The molecule has 0 atom stereocenters.